The molecule has 0 aromatic heterocycles. The normalized spacial score (nSPS) is 17.2. The van der Waals surface area contributed by atoms with Crippen LogP contribution in [-0.4, -0.2) is 23.4 Å². The van der Waals surface area contributed by atoms with Gasteiger partial charge in [0.15, 0.2) is 0 Å². The largest absolute Gasteiger partial charge is 0.396 e. The first kappa shape index (κ1) is 11.0. The Kier molecular flexibility index (Phi) is 4.70. The lowest BCUT2D eigenvalue weighted by atomic mass is 9.95. The van der Waals surface area contributed by atoms with Crippen molar-refractivity contribution in [2.45, 2.75) is 19.3 Å². The van der Waals surface area contributed by atoms with E-state index < -0.39 is 0 Å². The van der Waals surface area contributed by atoms with Crippen LogP contribution in [0.1, 0.15) is 19.3 Å². The number of halogens is 1. The molecule has 1 aliphatic carbocycles. The highest BCUT2D eigenvalue weighted by Crippen LogP contribution is 2.26. The van der Waals surface area contributed by atoms with Crippen molar-refractivity contribution in [3.63, 3.8) is 0 Å². The zero-order chi connectivity index (χ0) is 9.68. The average Bonchev–Trinajstić information content (AvgIpc) is 2.17. The Hall–Kier alpha value is -0.120. The molecule has 74 valence electrons. The maximum Gasteiger partial charge on any atom is 0.0484 e. The number of aliphatic hydroxyl groups is 2. The zero-order valence-electron chi connectivity index (χ0n) is 7.54. The van der Waals surface area contributed by atoms with E-state index in [1.807, 2.05) is 6.08 Å². The van der Waals surface area contributed by atoms with Gasteiger partial charge in [-0.05, 0) is 23.7 Å². The van der Waals surface area contributed by atoms with Gasteiger partial charge in [-0.25, -0.2) is 0 Å². The van der Waals surface area contributed by atoms with Crippen LogP contribution >= 0.6 is 15.9 Å². The fourth-order valence-electron chi connectivity index (χ4n) is 1.38. The van der Waals surface area contributed by atoms with Crippen molar-refractivity contribution < 1.29 is 10.2 Å². The molecule has 0 aliphatic heterocycles. The highest BCUT2D eigenvalue weighted by Gasteiger charge is 2.11. The molecule has 2 N–H and O–H groups in total. The van der Waals surface area contributed by atoms with Crippen LogP contribution < -0.4 is 0 Å². The zero-order valence-corrected chi connectivity index (χ0v) is 9.13. The third kappa shape index (κ3) is 3.63. The number of allylic oxidation sites excluding steroid dienone is 4. The first-order valence-corrected chi connectivity index (χ1v) is 5.31. The van der Waals surface area contributed by atoms with Crippen LogP contribution in [-0.2, 0) is 0 Å². The van der Waals surface area contributed by atoms with E-state index in [2.05, 4.69) is 22.0 Å². The van der Waals surface area contributed by atoms with E-state index >= 15 is 0 Å². The standard InChI is InChI=1S/C10H15BrO2/c11-10-3-1-8(2-4-10)5-9(6-12)7-13/h1,3,9,12-13H,2,4-7H2. The minimum atomic E-state index is 0.0107. The van der Waals surface area contributed by atoms with Crippen molar-refractivity contribution in [3.05, 3.63) is 22.2 Å². The molecular formula is C10H15BrO2. The van der Waals surface area contributed by atoms with Gasteiger partial charge in [-0.15, -0.1) is 0 Å². The molecule has 13 heavy (non-hydrogen) atoms. The quantitative estimate of drug-likeness (QED) is 0.797. The molecule has 1 aliphatic rings. The second-order valence-electron chi connectivity index (χ2n) is 3.37. The second-order valence-corrected chi connectivity index (χ2v) is 4.39. The van der Waals surface area contributed by atoms with Crippen LogP contribution in [0.4, 0.5) is 0 Å². The van der Waals surface area contributed by atoms with E-state index in [-0.39, 0.29) is 19.1 Å². The lowest BCUT2D eigenvalue weighted by Gasteiger charge is -2.15. The van der Waals surface area contributed by atoms with Gasteiger partial charge >= 0.3 is 0 Å². The molecule has 0 bridgehead atoms. The van der Waals surface area contributed by atoms with E-state index in [0.717, 1.165) is 19.3 Å². The summed E-state index contributed by atoms with van der Waals surface area (Å²) in [5.74, 6) is 0.0107. The topological polar surface area (TPSA) is 40.5 Å². The fraction of sp³-hybridized carbons (Fsp3) is 0.600. The van der Waals surface area contributed by atoms with Gasteiger partial charge in [-0.1, -0.05) is 33.7 Å². The summed E-state index contributed by atoms with van der Waals surface area (Å²) < 4.78 is 1.22. The molecule has 0 saturated heterocycles. The number of hydrogen-bond donors (Lipinski definition) is 2. The summed E-state index contributed by atoms with van der Waals surface area (Å²) in [6, 6.07) is 0. The monoisotopic (exact) mass is 246 g/mol. The van der Waals surface area contributed by atoms with Crippen molar-refractivity contribution >= 4 is 15.9 Å². The Morgan fingerprint density at radius 2 is 1.92 bits per heavy atom. The summed E-state index contributed by atoms with van der Waals surface area (Å²) in [5.41, 5.74) is 1.32. The molecule has 3 heteroatoms. The Bertz CT molecular complexity index is 217. The summed E-state index contributed by atoms with van der Waals surface area (Å²) in [6.07, 6.45) is 7.00. The summed E-state index contributed by atoms with van der Waals surface area (Å²) >= 11 is 3.43. The molecule has 0 saturated carbocycles. The average molecular weight is 247 g/mol. The SMILES string of the molecule is OCC(CO)CC1=CC=C(Br)CC1. The van der Waals surface area contributed by atoms with E-state index in [1.54, 1.807) is 0 Å². The lowest BCUT2D eigenvalue weighted by Crippen LogP contribution is -2.12. The van der Waals surface area contributed by atoms with E-state index in [0.29, 0.717) is 0 Å². The van der Waals surface area contributed by atoms with Crippen molar-refractivity contribution in [1.29, 1.82) is 0 Å². The molecule has 0 aromatic rings. The molecule has 0 radical (unpaired) electrons. The first-order valence-electron chi connectivity index (χ1n) is 4.52. The predicted octanol–water partition coefficient (Wildman–Crippen LogP) is 1.98. The molecular weight excluding hydrogens is 232 g/mol. The highest BCUT2D eigenvalue weighted by atomic mass is 79.9. The molecule has 0 spiro atoms. The molecule has 2 nitrogen and oxygen atoms in total. The van der Waals surface area contributed by atoms with Crippen LogP contribution in [0, 0.1) is 5.92 Å². The van der Waals surface area contributed by atoms with Gasteiger partial charge in [0.25, 0.3) is 0 Å². The second kappa shape index (κ2) is 5.58. The Labute approximate surface area is 87.1 Å². The van der Waals surface area contributed by atoms with E-state index in [1.165, 1.54) is 10.1 Å². The van der Waals surface area contributed by atoms with Crippen molar-refractivity contribution in [2.75, 3.05) is 13.2 Å². The number of hydrogen-bond acceptors (Lipinski definition) is 2. The van der Waals surface area contributed by atoms with Gasteiger partial charge in [0.1, 0.15) is 0 Å². The maximum atomic E-state index is 8.90. The van der Waals surface area contributed by atoms with Crippen molar-refractivity contribution in [2.24, 2.45) is 5.92 Å². The summed E-state index contributed by atoms with van der Waals surface area (Å²) in [4.78, 5) is 0. The van der Waals surface area contributed by atoms with E-state index in [4.69, 9.17) is 10.2 Å². The molecule has 0 unspecified atom stereocenters. The lowest BCUT2D eigenvalue weighted by molar-refractivity contribution is 0.149. The van der Waals surface area contributed by atoms with Crippen molar-refractivity contribution in [1.82, 2.24) is 0 Å². The first-order chi connectivity index (χ1) is 6.26. The smallest absolute Gasteiger partial charge is 0.0484 e. The highest BCUT2D eigenvalue weighted by molar-refractivity contribution is 9.11. The molecule has 1 rings (SSSR count). The third-order valence-corrected chi connectivity index (χ3v) is 2.91. The molecule has 0 aromatic carbocycles. The summed E-state index contributed by atoms with van der Waals surface area (Å²) in [7, 11) is 0. The van der Waals surface area contributed by atoms with Crippen LogP contribution in [0.5, 0.6) is 0 Å². The molecule has 0 atom stereocenters. The third-order valence-electron chi connectivity index (χ3n) is 2.25. The predicted molar refractivity (Wildman–Crippen MR) is 56.6 cm³/mol. The molecule has 0 fully saturated rings. The van der Waals surface area contributed by atoms with Gasteiger partial charge < -0.3 is 10.2 Å². The summed E-state index contributed by atoms with van der Waals surface area (Å²) in [5, 5.41) is 17.8. The Morgan fingerprint density at radius 3 is 2.38 bits per heavy atom. The molecule has 0 amide bonds. The van der Waals surface area contributed by atoms with Crippen LogP contribution in [0.15, 0.2) is 22.2 Å². The number of rotatable bonds is 4. The Balaban J connectivity index is 2.45. The van der Waals surface area contributed by atoms with Gasteiger partial charge in [0, 0.05) is 19.1 Å². The Morgan fingerprint density at radius 1 is 1.23 bits per heavy atom. The molecule has 0 heterocycles. The summed E-state index contributed by atoms with van der Waals surface area (Å²) in [6.45, 7) is 0.136. The van der Waals surface area contributed by atoms with Crippen LogP contribution in [0.3, 0.4) is 0 Å². The van der Waals surface area contributed by atoms with Crippen molar-refractivity contribution in [3.8, 4) is 0 Å². The van der Waals surface area contributed by atoms with Crippen LogP contribution in [0.25, 0.3) is 0 Å². The van der Waals surface area contributed by atoms with E-state index in [9.17, 15) is 0 Å². The minimum Gasteiger partial charge on any atom is -0.396 e. The number of aliphatic hydroxyl groups excluding tert-OH is 2. The van der Waals surface area contributed by atoms with Gasteiger partial charge in [0.05, 0.1) is 0 Å². The van der Waals surface area contributed by atoms with Gasteiger partial charge in [-0.2, -0.15) is 0 Å². The van der Waals surface area contributed by atoms with Gasteiger partial charge in [-0.3, -0.25) is 0 Å². The minimum absolute atomic E-state index is 0.0107. The fourth-order valence-corrected chi connectivity index (χ4v) is 1.71. The maximum absolute atomic E-state index is 8.90. The van der Waals surface area contributed by atoms with Crippen LogP contribution in [0.2, 0.25) is 0 Å². The van der Waals surface area contributed by atoms with Gasteiger partial charge in [0.2, 0.25) is 0 Å².